The van der Waals surface area contributed by atoms with Crippen molar-refractivity contribution in [1.82, 2.24) is 0 Å². The molecule has 1 aliphatic carbocycles. The van der Waals surface area contributed by atoms with Crippen molar-refractivity contribution >= 4 is 6.08 Å². The lowest BCUT2D eigenvalue weighted by Gasteiger charge is -2.28. The van der Waals surface area contributed by atoms with Crippen molar-refractivity contribution in [2.45, 2.75) is 102 Å². The van der Waals surface area contributed by atoms with Crippen molar-refractivity contribution in [3.8, 4) is 11.8 Å². The minimum atomic E-state index is -2.76. The third kappa shape index (κ3) is 8.68. The first-order chi connectivity index (χ1) is 18.2. The normalized spacial score (nSPS) is 15.6. The van der Waals surface area contributed by atoms with Gasteiger partial charge in [0.25, 0.3) is 0 Å². The number of rotatable bonds is 11. The number of allylic oxidation sites excluding steroid dienone is 1. The van der Waals surface area contributed by atoms with Crippen LogP contribution in [0.15, 0.2) is 30.3 Å². The van der Waals surface area contributed by atoms with Gasteiger partial charge in [-0.25, -0.2) is 26.3 Å². The zero-order chi connectivity index (χ0) is 27.5. The summed E-state index contributed by atoms with van der Waals surface area (Å²) >= 11 is 0. The van der Waals surface area contributed by atoms with Crippen LogP contribution in [0.1, 0.15) is 119 Å². The van der Waals surface area contributed by atoms with E-state index in [0.717, 1.165) is 31.4 Å². The molecule has 2 aromatic rings. The maximum Gasteiger partial charge on any atom is 0.248 e. The van der Waals surface area contributed by atoms with Gasteiger partial charge in [0.05, 0.1) is 5.56 Å². The molecule has 6 heteroatoms. The smallest absolute Gasteiger partial charge is 0.207 e. The number of hydrogen-bond acceptors (Lipinski definition) is 0. The molecule has 3 rings (SSSR count). The Morgan fingerprint density at radius 2 is 1.42 bits per heavy atom. The van der Waals surface area contributed by atoms with Gasteiger partial charge in [0, 0.05) is 24.0 Å². The third-order valence-electron chi connectivity index (χ3n) is 7.20. The Hall–Kier alpha value is -2.68. The van der Waals surface area contributed by atoms with Crippen molar-refractivity contribution in [2.75, 3.05) is 0 Å². The molecule has 0 amide bonds. The lowest BCUT2D eigenvalue weighted by Crippen LogP contribution is -2.24. The van der Waals surface area contributed by atoms with Crippen LogP contribution in [0.3, 0.4) is 0 Å². The van der Waals surface area contributed by atoms with E-state index in [1.807, 2.05) is 0 Å². The van der Waals surface area contributed by atoms with Gasteiger partial charge >= 0.3 is 0 Å². The van der Waals surface area contributed by atoms with Gasteiger partial charge in [-0.15, -0.1) is 0 Å². The summed E-state index contributed by atoms with van der Waals surface area (Å²) in [6.07, 6.45) is 12.8. The summed E-state index contributed by atoms with van der Waals surface area (Å²) in [5, 5.41) is 0. The maximum atomic E-state index is 14.7. The first-order valence-electron chi connectivity index (χ1n) is 13.7. The quantitative estimate of drug-likeness (QED) is 0.153. The summed E-state index contributed by atoms with van der Waals surface area (Å²) in [6, 6.07) is 4.77. The molecule has 0 aromatic heterocycles. The van der Waals surface area contributed by atoms with Gasteiger partial charge in [0.2, 0.25) is 5.92 Å². The molecule has 0 heterocycles. The Balaban J connectivity index is 1.58. The van der Waals surface area contributed by atoms with E-state index >= 15 is 0 Å². The minimum absolute atomic E-state index is 0.00128. The standard InChI is InChI=1S/C32H36F6/c1-2-3-4-5-6-7-8-9-10-11-12-27-28(33)21-23(22-29(27)34)13-14-25-15-16-26(31(36)30(25)35)24-17-19-32(37,38)20-18-24/h11-12,15-16,21-22,24H,2-10,17-20H2,1H3/b12-11+. The van der Waals surface area contributed by atoms with Crippen LogP contribution in [0.5, 0.6) is 0 Å². The molecule has 1 saturated carbocycles. The molecule has 0 aliphatic heterocycles. The van der Waals surface area contributed by atoms with E-state index in [9.17, 15) is 26.3 Å². The monoisotopic (exact) mass is 534 g/mol. The Morgan fingerprint density at radius 1 is 0.816 bits per heavy atom. The molecular formula is C32H36F6. The van der Waals surface area contributed by atoms with Gasteiger partial charge in [-0.2, -0.15) is 0 Å². The van der Waals surface area contributed by atoms with Crippen molar-refractivity contribution in [1.29, 1.82) is 0 Å². The molecule has 0 bridgehead atoms. The summed E-state index contributed by atoms with van der Waals surface area (Å²) in [6.45, 7) is 2.19. The van der Waals surface area contributed by atoms with Crippen molar-refractivity contribution in [3.63, 3.8) is 0 Å². The molecule has 0 radical (unpaired) electrons. The number of unbranched alkanes of at least 4 members (excludes halogenated alkanes) is 8. The molecular weight excluding hydrogens is 498 g/mol. The highest BCUT2D eigenvalue weighted by atomic mass is 19.3. The van der Waals surface area contributed by atoms with Gasteiger partial charge in [-0.1, -0.05) is 81.9 Å². The number of hydrogen-bond donors (Lipinski definition) is 0. The SMILES string of the molecule is CCCCCCCCCC/C=C/c1c(F)cc(C#Cc2ccc(C3CCC(F)(F)CC3)c(F)c2F)cc1F. The summed E-state index contributed by atoms with van der Waals surface area (Å²) in [4.78, 5) is 0. The number of alkyl halides is 2. The predicted molar refractivity (Wildman–Crippen MR) is 141 cm³/mol. The first-order valence-corrected chi connectivity index (χ1v) is 13.7. The fourth-order valence-electron chi connectivity index (χ4n) is 4.88. The largest absolute Gasteiger partial charge is 0.248 e. The molecule has 0 N–H and O–H groups in total. The predicted octanol–water partition coefficient (Wildman–Crippen LogP) is 10.5. The second-order valence-corrected chi connectivity index (χ2v) is 10.2. The molecule has 1 aliphatic rings. The van der Waals surface area contributed by atoms with Crippen LogP contribution in [0.2, 0.25) is 0 Å². The highest BCUT2D eigenvalue weighted by Gasteiger charge is 2.36. The lowest BCUT2D eigenvalue weighted by atomic mass is 9.82. The zero-order valence-electron chi connectivity index (χ0n) is 22.0. The molecule has 1 fully saturated rings. The van der Waals surface area contributed by atoms with Crippen LogP contribution in [-0.4, -0.2) is 5.92 Å². The molecule has 2 aromatic carbocycles. The Morgan fingerprint density at radius 3 is 2.05 bits per heavy atom. The van der Waals surface area contributed by atoms with Crippen molar-refractivity contribution in [3.05, 3.63) is 75.9 Å². The molecule has 0 nitrogen and oxygen atoms in total. The summed E-state index contributed by atoms with van der Waals surface area (Å²) in [7, 11) is 0. The maximum absolute atomic E-state index is 14.7. The van der Waals surface area contributed by atoms with Crippen molar-refractivity contribution < 1.29 is 26.3 Å². The Bertz CT molecular complexity index is 1120. The summed E-state index contributed by atoms with van der Waals surface area (Å²) in [5.74, 6) is -2.17. The van der Waals surface area contributed by atoms with Gasteiger partial charge in [0.1, 0.15) is 11.6 Å². The van der Waals surface area contributed by atoms with E-state index in [1.165, 1.54) is 56.7 Å². The average Bonchev–Trinajstić information content (AvgIpc) is 2.87. The van der Waals surface area contributed by atoms with Crippen LogP contribution in [-0.2, 0) is 0 Å². The fraction of sp³-hybridized carbons (Fsp3) is 0.500. The molecule has 0 spiro atoms. The first kappa shape index (κ1) is 29.9. The van der Waals surface area contributed by atoms with E-state index in [4.69, 9.17) is 0 Å². The van der Waals surface area contributed by atoms with E-state index < -0.39 is 35.1 Å². The van der Waals surface area contributed by atoms with Crippen LogP contribution in [0, 0.1) is 35.1 Å². The molecule has 206 valence electrons. The summed E-state index contributed by atoms with van der Waals surface area (Å²) < 4.78 is 85.1. The second-order valence-electron chi connectivity index (χ2n) is 10.2. The van der Waals surface area contributed by atoms with Crippen LogP contribution in [0.25, 0.3) is 6.08 Å². The Kier molecular flexibility index (Phi) is 11.4. The molecule has 0 atom stereocenters. The van der Waals surface area contributed by atoms with Crippen LogP contribution < -0.4 is 0 Å². The van der Waals surface area contributed by atoms with E-state index in [-0.39, 0.29) is 47.9 Å². The second kappa shape index (κ2) is 14.5. The zero-order valence-corrected chi connectivity index (χ0v) is 22.0. The van der Waals surface area contributed by atoms with Gasteiger partial charge in [0.15, 0.2) is 11.6 Å². The van der Waals surface area contributed by atoms with Gasteiger partial charge < -0.3 is 0 Å². The fourth-order valence-corrected chi connectivity index (χ4v) is 4.88. The molecule has 0 saturated heterocycles. The number of benzene rings is 2. The van der Waals surface area contributed by atoms with Crippen molar-refractivity contribution in [2.24, 2.45) is 0 Å². The average molecular weight is 535 g/mol. The topological polar surface area (TPSA) is 0 Å². The van der Waals surface area contributed by atoms with E-state index in [0.29, 0.717) is 0 Å². The van der Waals surface area contributed by atoms with Gasteiger partial charge in [-0.3, -0.25) is 0 Å². The highest BCUT2D eigenvalue weighted by Crippen LogP contribution is 2.42. The minimum Gasteiger partial charge on any atom is -0.207 e. The Labute approximate surface area is 222 Å². The van der Waals surface area contributed by atoms with Crippen LogP contribution in [0.4, 0.5) is 26.3 Å². The number of halogens is 6. The van der Waals surface area contributed by atoms with E-state index in [2.05, 4.69) is 18.8 Å². The molecule has 38 heavy (non-hydrogen) atoms. The summed E-state index contributed by atoms with van der Waals surface area (Å²) in [5.41, 5.74) is -0.361. The third-order valence-corrected chi connectivity index (χ3v) is 7.20. The van der Waals surface area contributed by atoms with Crippen LogP contribution >= 0.6 is 0 Å². The lowest BCUT2D eigenvalue weighted by molar-refractivity contribution is -0.0384. The van der Waals surface area contributed by atoms with Gasteiger partial charge in [-0.05, 0) is 55.4 Å². The highest BCUT2D eigenvalue weighted by molar-refractivity contribution is 5.54. The molecule has 0 unspecified atom stereocenters. The van der Waals surface area contributed by atoms with E-state index in [1.54, 1.807) is 6.08 Å².